The molecule has 0 aliphatic carbocycles. The molecule has 3 aromatic rings. The lowest BCUT2D eigenvalue weighted by Crippen LogP contribution is -2.35. The predicted octanol–water partition coefficient (Wildman–Crippen LogP) is 3.57. The van der Waals surface area contributed by atoms with Gasteiger partial charge in [0.1, 0.15) is 6.04 Å². The molecule has 6 heteroatoms. The van der Waals surface area contributed by atoms with E-state index in [2.05, 4.69) is 10.3 Å². The largest absolute Gasteiger partial charge is 0.373 e. The van der Waals surface area contributed by atoms with Crippen LogP contribution in [0.25, 0.3) is 10.9 Å². The van der Waals surface area contributed by atoms with Crippen molar-refractivity contribution in [1.29, 1.82) is 0 Å². The summed E-state index contributed by atoms with van der Waals surface area (Å²) in [5.41, 5.74) is 2.19. The molecule has 1 saturated heterocycles. The van der Waals surface area contributed by atoms with Gasteiger partial charge in [-0.1, -0.05) is 29.8 Å². The number of carbonyl (C=O) groups excluding carboxylic acids is 2. The van der Waals surface area contributed by atoms with Crippen LogP contribution in [-0.4, -0.2) is 22.8 Å². The Morgan fingerprint density at radius 1 is 1.12 bits per heavy atom. The van der Waals surface area contributed by atoms with Crippen molar-refractivity contribution >= 4 is 45.7 Å². The van der Waals surface area contributed by atoms with E-state index in [1.54, 1.807) is 24.3 Å². The second kappa shape index (κ2) is 5.69. The van der Waals surface area contributed by atoms with Gasteiger partial charge in [-0.2, -0.15) is 0 Å². The molecule has 120 valence electrons. The van der Waals surface area contributed by atoms with Crippen molar-refractivity contribution in [3.8, 4) is 0 Å². The molecule has 1 aliphatic heterocycles. The lowest BCUT2D eigenvalue weighted by Gasteiger charge is -2.17. The smallest absolute Gasteiger partial charge is 0.256 e. The Morgan fingerprint density at radius 3 is 2.79 bits per heavy atom. The number of nitrogens with one attached hydrogen (secondary N) is 2. The maximum absolute atomic E-state index is 12.7. The highest BCUT2D eigenvalue weighted by Crippen LogP contribution is 2.31. The number of carbonyl (C=O) groups is 2. The minimum Gasteiger partial charge on any atom is -0.373 e. The number of rotatable bonds is 3. The van der Waals surface area contributed by atoms with Crippen molar-refractivity contribution in [2.45, 2.75) is 12.5 Å². The van der Waals surface area contributed by atoms with Gasteiger partial charge in [0.25, 0.3) is 5.91 Å². The van der Waals surface area contributed by atoms with Crippen LogP contribution >= 0.6 is 11.6 Å². The molecule has 2 aromatic carbocycles. The maximum atomic E-state index is 12.7. The molecule has 1 fully saturated rings. The number of fused-ring (bicyclic) bond motifs is 1. The molecule has 2 N–H and O–H groups in total. The van der Waals surface area contributed by atoms with E-state index >= 15 is 0 Å². The number of benzene rings is 2. The van der Waals surface area contributed by atoms with E-state index in [0.717, 1.165) is 21.5 Å². The number of halogens is 1. The van der Waals surface area contributed by atoms with Crippen LogP contribution in [0.4, 0.5) is 11.4 Å². The Kier molecular flexibility index (Phi) is 3.50. The zero-order chi connectivity index (χ0) is 16.7. The van der Waals surface area contributed by atoms with E-state index in [9.17, 15) is 9.59 Å². The van der Waals surface area contributed by atoms with Gasteiger partial charge >= 0.3 is 0 Å². The average molecular weight is 340 g/mol. The van der Waals surface area contributed by atoms with E-state index in [0.29, 0.717) is 10.7 Å². The maximum Gasteiger partial charge on any atom is 0.256 e. The summed E-state index contributed by atoms with van der Waals surface area (Å²) in [5.74, 6) is -0.550. The lowest BCUT2D eigenvalue weighted by atomic mass is 10.2. The molecular weight excluding hydrogens is 326 g/mol. The fraction of sp³-hybridized carbons (Fsp3) is 0.111. The first kappa shape index (κ1) is 14.8. The molecule has 1 aromatic heterocycles. The van der Waals surface area contributed by atoms with Crippen molar-refractivity contribution in [1.82, 2.24) is 4.98 Å². The zero-order valence-electron chi connectivity index (χ0n) is 12.6. The molecule has 2 amide bonds. The van der Waals surface area contributed by atoms with Gasteiger partial charge in [0.05, 0.1) is 17.1 Å². The Balaban J connectivity index is 1.60. The minimum atomic E-state index is -0.596. The van der Waals surface area contributed by atoms with E-state index in [1.165, 1.54) is 0 Å². The fourth-order valence-corrected chi connectivity index (χ4v) is 3.19. The first-order valence-electron chi connectivity index (χ1n) is 7.58. The van der Waals surface area contributed by atoms with Gasteiger partial charge in [-0.25, -0.2) is 4.90 Å². The summed E-state index contributed by atoms with van der Waals surface area (Å²) in [4.78, 5) is 29.3. The van der Waals surface area contributed by atoms with Crippen molar-refractivity contribution in [3.63, 3.8) is 0 Å². The number of nitrogens with zero attached hydrogens (tertiary/aromatic N) is 1. The van der Waals surface area contributed by atoms with Gasteiger partial charge in [-0.15, -0.1) is 0 Å². The lowest BCUT2D eigenvalue weighted by molar-refractivity contribution is -0.121. The summed E-state index contributed by atoms with van der Waals surface area (Å²) in [6.45, 7) is 0. The third-order valence-electron chi connectivity index (χ3n) is 4.14. The number of hydrogen-bond donors (Lipinski definition) is 2. The van der Waals surface area contributed by atoms with Crippen molar-refractivity contribution in [2.24, 2.45) is 0 Å². The molecular formula is C18H14ClN3O2. The van der Waals surface area contributed by atoms with Crippen LogP contribution in [0.15, 0.2) is 54.7 Å². The van der Waals surface area contributed by atoms with Crippen molar-refractivity contribution < 1.29 is 9.59 Å². The first-order chi connectivity index (χ1) is 11.6. The normalized spacial score (nSPS) is 17.7. The molecule has 0 saturated carbocycles. The van der Waals surface area contributed by atoms with Gasteiger partial charge in [-0.05, 0) is 35.7 Å². The summed E-state index contributed by atoms with van der Waals surface area (Å²) < 4.78 is 0. The summed E-state index contributed by atoms with van der Waals surface area (Å²) in [6, 6.07) is 14.0. The highest BCUT2D eigenvalue weighted by Gasteiger charge is 2.40. The highest BCUT2D eigenvalue weighted by molar-refractivity contribution is 6.36. The topological polar surface area (TPSA) is 65.2 Å². The molecule has 0 radical (unpaired) electrons. The predicted molar refractivity (Wildman–Crippen MR) is 94.3 cm³/mol. The first-order valence-corrected chi connectivity index (χ1v) is 7.96. The van der Waals surface area contributed by atoms with Gasteiger partial charge < -0.3 is 10.3 Å². The van der Waals surface area contributed by atoms with E-state index in [1.807, 2.05) is 30.5 Å². The molecule has 1 aliphatic rings. The quantitative estimate of drug-likeness (QED) is 0.717. The van der Waals surface area contributed by atoms with Crippen LogP contribution in [0.3, 0.4) is 0 Å². The third-order valence-corrected chi connectivity index (χ3v) is 4.46. The number of hydrogen-bond acceptors (Lipinski definition) is 3. The number of H-pyrrole nitrogens is 1. The Bertz CT molecular complexity index is 950. The van der Waals surface area contributed by atoms with Crippen LogP contribution < -0.4 is 10.2 Å². The number of anilines is 2. The Morgan fingerprint density at radius 2 is 1.96 bits per heavy atom. The van der Waals surface area contributed by atoms with E-state index in [4.69, 9.17) is 11.6 Å². The van der Waals surface area contributed by atoms with Gasteiger partial charge in [0.2, 0.25) is 5.91 Å². The summed E-state index contributed by atoms with van der Waals surface area (Å²) in [7, 11) is 0. The van der Waals surface area contributed by atoms with Crippen LogP contribution in [0, 0.1) is 0 Å². The number of aromatic amines is 1. The Hall–Kier alpha value is -2.79. The summed E-state index contributed by atoms with van der Waals surface area (Å²) in [5, 5.41) is 4.62. The summed E-state index contributed by atoms with van der Waals surface area (Å²) in [6.07, 6.45) is 1.96. The molecule has 5 nitrogen and oxygen atoms in total. The second-order valence-electron chi connectivity index (χ2n) is 5.70. The fourth-order valence-electron chi connectivity index (χ4n) is 2.97. The monoisotopic (exact) mass is 339 g/mol. The minimum absolute atomic E-state index is 0.104. The van der Waals surface area contributed by atoms with E-state index < -0.39 is 6.04 Å². The molecule has 0 spiro atoms. The molecule has 0 unspecified atom stereocenters. The molecule has 4 rings (SSSR count). The molecule has 24 heavy (non-hydrogen) atoms. The molecule has 0 bridgehead atoms. The van der Waals surface area contributed by atoms with Gasteiger partial charge in [0.15, 0.2) is 0 Å². The number of aromatic nitrogens is 1. The van der Waals surface area contributed by atoms with Crippen LogP contribution in [0.2, 0.25) is 5.02 Å². The molecule has 2 heterocycles. The van der Waals surface area contributed by atoms with Gasteiger partial charge in [0, 0.05) is 17.4 Å². The third kappa shape index (κ3) is 2.43. The van der Waals surface area contributed by atoms with Crippen molar-refractivity contribution in [3.05, 3.63) is 59.8 Å². The second-order valence-corrected chi connectivity index (χ2v) is 6.11. The van der Waals surface area contributed by atoms with E-state index in [-0.39, 0.29) is 18.2 Å². The van der Waals surface area contributed by atoms with Gasteiger partial charge in [-0.3, -0.25) is 9.59 Å². The highest BCUT2D eigenvalue weighted by atomic mass is 35.5. The van der Waals surface area contributed by atoms with Crippen LogP contribution in [-0.2, 0) is 9.59 Å². The molecule has 1 atom stereocenters. The summed E-state index contributed by atoms with van der Waals surface area (Å²) >= 11 is 6.13. The number of imide groups is 1. The van der Waals surface area contributed by atoms with Crippen molar-refractivity contribution in [2.75, 3.05) is 10.2 Å². The van der Waals surface area contributed by atoms with Crippen LogP contribution in [0.1, 0.15) is 6.42 Å². The van der Waals surface area contributed by atoms with Crippen LogP contribution in [0.5, 0.6) is 0 Å². The zero-order valence-corrected chi connectivity index (χ0v) is 13.4. The number of para-hydroxylation sites is 1. The SMILES string of the molecule is O=C1C[C@H](Nc2ccc3cc[nH]c3c2)C(=O)N1c1ccccc1Cl. The number of amides is 2. The standard InChI is InChI=1S/C18H14ClN3O2/c19-13-3-1-2-4-16(13)22-17(23)10-15(18(22)24)21-12-6-5-11-7-8-20-14(11)9-12/h1-9,15,20-21H,10H2/t15-/m0/s1. The Labute approximate surface area is 143 Å². The average Bonchev–Trinajstić information content (AvgIpc) is 3.13.